The van der Waals surface area contributed by atoms with Gasteiger partial charge >= 0.3 is 12.1 Å². The molecule has 11 heteroatoms. The number of primary amides is 1. The van der Waals surface area contributed by atoms with Gasteiger partial charge in [0.2, 0.25) is 17.7 Å². The van der Waals surface area contributed by atoms with E-state index in [1.807, 2.05) is 26.0 Å². The maximum atomic E-state index is 14.1. The highest BCUT2D eigenvalue weighted by atomic mass is 16.6. The third-order valence-corrected chi connectivity index (χ3v) is 6.15. The van der Waals surface area contributed by atoms with Gasteiger partial charge in [0.05, 0.1) is 13.0 Å². The van der Waals surface area contributed by atoms with Crippen molar-refractivity contribution in [3.05, 3.63) is 35.4 Å². The molecule has 0 aromatic heterocycles. The molecule has 0 saturated carbocycles. The molecule has 1 aromatic carbocycles. The minimum atomic E-state index is -1.16. The molecule has 2 atom stereocenters. The van der Waals surface area contributed by atoms with Crippen LogP contribution in [0.5, 0.6) is 0 Å². The Labute approximate surface area is 243 Å². The van der Waals surface area contributed by atoms with Crippen LogP contribution in [-0.2, 0) is 35.1 Å². The molecule has 1 aromatic rings. The van der Waals surface area contributed by atoms with Gasteiger partial charge in [-0.2, -0.15) is 0 Å². The van der Waals surface area contributed by atoms with E-state index in [0.717, 1.165) is 24.8 Å². The summed E-state index contributed by atoms with van der Waals surface area (Å²) in [5, 5.41) is 5.35. The molecule has 0 aliphatic carbocycles. The Morgan fingerprint density at radius 2 is 1.63 bits per heavy atom. The number of benzene rings is 1. The Bertz CT molecular complexity index is 1010. The van der Waals surface area contributed by atoms with E-state index in [1.165, 1.54) is 4.90 Å². The van der Waals surface area contributed by atoms with E-state index in [-0.39, 0.29) is 39.0 Å². The molecule has 230 valence electrons. The van der Waals surface area contributed by atoms with Crippen molar-refractivity contribution in [1.82, 2.24) is 15.5 Å². The number of esters is 1. The second-order valence-electron chi connectivity index (χ2n) is 10.8. The third-order valence-electron chi connectivity index (χ3n) is 6.15. The highest BCUT2D eigenvalue weighted by Crippen LogP contribution is 2.25. The molecule has 41 heavy (non-hydrogen) atoms. The van der Waals surface area contributed by atoms with Crippen molar-refractivity contribution in [3.8, 4) is 0 Å². The van der Waals surface area contributed by atoms with Gasteiger partial charge in [0.25, 0.3) is 0 Å². The molecule has 0 heterocycles. The topological polar surface area (TPSA) is 157 Å². The minimum Gasteiger partial charge on any atom is -0.466 e. The van der Waals surface area contributed by atoms with E-state index < -0.39 is 47.5 Å². The summed E-state index contributed by atoms with van der Waals surface area (Å²) < 4.78 is 10.3. The minimum absolute atomic E-state index is 0.0215. The highest BCUT2D eigenvalue weighted by molar-refractivity contribution is 5.92. The zero-order chi connectivity index (χ0) is 31.0. The maximum absolute atomic E-state index is 14.1. The van der Waals surface area contributed by atoms with Gasteiger partial charge in [-0.1, -0.05) is 51.0 Å². The van der Waals surface area contributed by atoms with Crippen molar-refractivity contribution >= 4 is 29.8 Å². The Morgan fingerprint density at radius 3 is 2.17 bits per heavy atom. The number of carbonyl (C=O) groups is 5. The monoisotopic (exact) mass is 576 g/mol. The van der Waals surface area contributed by atoms with Gasteiger partial charge in [-0.05, 0) is 58.1 Å². The van der Waals surface area contributed by atoms with E-state index in [2.05, 4.69) is 10.6 Å². The number of hydrogen-bond donors (Lipinski definition) is 3. The second-order valence-corrected chi connectivity index (χ2v) is 10.8. The molecule has 0 spiro atoms. The molecule has 0 bridgehead atoms. The number of rotatable bonds is 17. The number of ether oxygens (including phenoxy) is 2. The zero-order valence-electron chi connectivity index (χ0n) is 25.4. The molecule has 1 rings (SSSR count). The van der Waals surface area contributed by atoms with Crippen LogP contribution in [0.2, 0.25) is 0 Å². The van der Waals surface area contributed by atoms with Crippen molar-refractivity contribution in [2.75, 3.05) is 19.7 Å². The molecule has 2 unspecified atom stereocenters. The van der Waals surface area contributed by atoms with E-state index in [4.69, 9.17) is 15.2 Å². The highest BCUT2D eigenvalue weighted by Gasteiger charge is 2.36. The normalized spacial score (nSPS) is 12.5. The van der Waals surface area contributed by atoms with Gasteiger partial charge in [-0.15, -0.1) is 0 Å². The number of alkyl carbamates (subject to hydrolysis) is 1. The molecule has 0 saturated heterocycles. The van der Waals surface area contributed by atoms with Crippen molar-refractivity contribution in [2.24, 2.45) is 5.73 Å². The summed E-state index contributed by atoms with van der Waals surface area (Å²) in [4.78, 5) is 65.3. The number of hydrogen-bond acceptors (Lipinski definition) is 7. The van der Waals surface area contributed by atoms with Crippen LogP contribution < -0.4 is 16.4 Å². The predicted octanol–water partition coefficient (Wildman–Crippen LogP) is 3.54. The van der Waals surface area contributed by atoms with Crippen LogP contribution in [0, 0.1) is 0 Å². The second kappa shape index (κ2) is 17.9. The van der Waals surface area contributed by atoms with Gasteiger partial charge in [-0.25, -0.2) is 4.79 Å². The SMILES string of the molecule is CCCCCN(C(=O)C(CCC(N)=O)NC(=O)OC(C)(C)C)C(C(=O)NCCC(=O)OCC)c1ccc(CC)cc1. The van der Waals surface area contributed by atoms with Gasteiger partial charge in [-0.3, -0.25) is 19.2 Å². The van der Waals surface area contributed by atoms with Crippen LogP contribution >= 0.6 is 0 Å². The van der Waals surface area contributed by atoms with Crippen LogP contribution in [0.25, 0.3) is 0 Å². The van der Waals surface area contributed by atoms with Gasteiger partial charge < -0.3 is 30.7 Å². The van der Waals surface area contributed by atoms with Gasteiger partial charge in [0, 0.05) is 19.5 Å². The lowest BCUT2D eigenvalue weighted by atomic mass is 9.99. The van der Waals surface area contributed by atoms with Gasteiger partial charge in [0.1, 0.15) is 17.7 Å². The number of amides is 4. The van der Waals surface area contributed by atoms with Crippen LogP contribution in [-0.4, -0.2) is 66.0 Å². The average molecular weight is 577 g/mol. The van der Waals surface area contributed by atoms with E-state index >= 15 is 0 Å². The first kappa shape index (κ1) is 35.4. The fraction of sp³-hybridized carbons (Fsp3) is 0.633. The Hall–Kier alpha value is -3.63. The molecule has 0 aliphatic heterocycles. The summed E-state index contributed by atoms with van der Waals surface area (Å²) in [7, 11) is 0. The quantitative estimate of drug-likeness (QED) is 0.189. The number of unbranched alkanes of at least 4 members (excludes halogenated alkanes) is 2. The lowest BCUT2D eigenvalue weighted by Crippen LogP contribution is -2.53. The molecule has 4 N–H and O–H groups in total. The van der Waals surface area contributed by atoms with Crippen molar-refractivity contribution in [1.29, 1.82) is 0 Å². The fourth-order valence-electron chi connectivity index (χ4n) is 4.12. The molecule has 0 aliphatic rings. The summed E-state index contributed by atoms with van der Waals surface area (Å²) >= 11 is 0. The number of aryl methyl sites for hydroxylation is 1. The zero-order valence-corrected chi connectivity index (χ0v) is 25.4. The Morgan fingerprint density at radius 1 is 0.976 bits per heavy atom. The number of nitrogens with two attached hydrogens (primary N) is 1. The molecular weight excluding hydrogens is 528 g/mol. The lowest BCUT2D eigenvalue weighted by molar-refractivity contribution is -0.144. The summed E-state index contributed by atoms with van der Waals surface area (Å²) in [6, 6.07) is 5.18. The molecule has 0 radical (unpaired) electrons. The molecular formula is C30H48N4O7. The summed E-state index contributed by atoms with van der Waals surface area (Å²) in [5.74, 6) is -2.09. The number of nitrogens with one attached hydrogen (secondary N) is 2. The Kier molecular flexibility index (Phi) is 15.5. The standard InChI is InChI=1S/C30H48N4O7/c1-7-10-11-20-34(28(38)23(16-17-24(31)35)33-29(39)41-30(4,5)6)26(22-14-12-21(8-2)13-15-22)27(37)32-19-18-25(36)40-9-3/h12-15,23,26H,7-11,16-20H2,1-6H3,(H2,31,35)(H,32,37)(H,33,39). The van der Waals surface area contributed by atoms with Crippen LogP contribution in [0.1, 0.15) is 97.2 Å². The van der Waals surface area contributed by atoms with Crippen molar-refractivity contribution in [2.45, 2.75) is 104 Å². The Balaban J connectivity index is 3.47. The van der Waals surface area contributed by atoms with Crippen molar-refractivity contribution < 1.29 is 33.4 Å². The first-order valence-electron chi connectivity index (χ1n) is 14.4. The average Bonchev–Trinajstić information content (AvgIpc) is 2.89. The number of nitrogens with zero attached hydrogens (tertiary/aromatic N) is 1. The molecule has 4 amide bonds. The molecule has 0 fully saturated rings. The van der Waals surface area contributed by atoms with Gasteiger partial charge in [0.15, 0.2) is 0 Å². The summed E-state index contributed by atoms with van der Waals surface area (Å²) in [6.45, 7) is 11.3. The van der Waals surface area contributed by atoms with Crippen LogP contribution in [0.3, 0.4) is 0 Å². The van der Waals surface area contributed by atoms with E-state index in [1.54, 1.807) is 39.8 Å². The first-order chi connectivity index (χ1) is 19.3. The van der Waals surface area contributed by atoms with E-state index in [9.17, 15) is 24.0 Å². The first-order valence-corrected chi connectivity index (χ1v) is 14.4. The van der Waals surface area contributed by atoms with E-state index in [0.29, 0.717) is 12.0 Å². The van der Waals surface area contributed by atoms with Crippen molar-refractivity contribution in [3.63, 3.8) is 0 Å². The largest absolute Gasteiger partial charge is 0.466 e. The predicted molar refractivity (Wildman–Crippen MR) is 156 cm³/mol. The fourth-order valence-corrected chi connectivity index (χ4v) is 4.12. The van der Waals surface area contributed by atoms with Crippen LogP contribution in [0.4, 0.5) is 4.79 Å². The smallest absolute Gasteiger partial charge is 0.408 e. The summed E-state index contributed by atoms with van der Waals surface area (Å²) in [5.41, 5.74) is 6.19. The third kappa shape index (κ3) is 13.5. The van der Waals surface area contributed by atoms with Crippen LogP contribution in [0.15, 0.2) is 24.3 Å². The molecule has 11 nitrogen and oxygen atoms in total. The summed E-state index contributed by atoms with van der Waals surface area (Å²) in [6.07, 6.45) is 2.02. The number of carbonyl (C=O) groups excluding carboxylic acids is 5. The lowest BCUT2D eigenvalue weighted by Gasteiger charge is -2.34. The maximum Gasteiger partial charge on any atom is 0.408 e.